The summed E-state index contributed by atoms with van der Waals surface area (Å²) < 4.78 is 4.76. The smallest absolute Gasteiger partial charge is 0.274 e. The van der Waals surface area contributed by atoms with Crippen LogP contribution in [0.3, 0.4) is 0 Å². The normalized spacial score (nSPS) is 12.0. The number of hydrogen-bond acceptors (Lipinski definition) is 4. The highest BCUT2D eigenvalue weighted by atomic mass is 32.1. The lowest BCUT2D eigenvalue weighted by Gasteiger charge is -2.18. The second-order valence-electron chi connectivity index (χ2n) is 5.65. The molecule has 1 unspecified atom stereocenters. The van der Waals surface area contributed by atoms with Crippen molar-refractivity contribution < 1.29 is 9.32 Å². The molecule has 1 aromatic carbocycles. The second kappa shape index (κ2) is 7.93. The van der Waals surface area contributed by atoms with Gasteiger partial charge in [-0.1, -0.05) is 48.8 Å². The van der Waals surface area contributed by atoms with Crippen LogP contribution in [-0.2, 0) is 6.42 Å². The standard InChI is InChI=1S/C19H20N2O2S/c1-2-3-5-14-7-9-15(10-8-14)18(17-6-4-13-24-17)20-19(22)16-11-12-23-21-16/h4,6-13,18H,2-3,5H2,1H3,(H,20,22). The second-order valence-corrected chi connectivity index (χ2v) is 6.63. The Hall–Kier alpha value is -2.40. The number of aromatic nitrogens is 1. The van der Waals surface area contributed by atoms with Gasteiger partial charge >= 0.3 is 0 Å². The zero-order valence-electron chi connectivity index (χ0n) is 13.6. The molecule has 2 aromatic heterocycles. The third-order valence-corrected chi connectivity index (χ3v) is 4.84. The Bertz CT molecular complexity index is 749. The van der Waals surface area contributed by atoms with Crippen LogP contribution in [0.4, 0.5) is 0 Å². The maximum Gasteiger partial charge on any atom is 0.274 e. The van der Waals surface area contributed by atoms with Gasteiger partial charge in [-0.3, -0.25) is 4.79 Å². The molecule has 1 atom stereocenters. The number of unbranched alkanes of at least 4 members (excludes halogenated alkanes) is 1. The van der Waals surface area contributed by atoms with Crippen LogP contribution < -0.4 is 5.32 Å². The van der Waals surface area contributed by atoms with Crippen molar-refractivity contribution >= 4 is 17.2 Å². The third kappa shape index (κ3) is 3.92. The molecule has 0 aliphatic rings. The number of nitrogens with zero attached hydrogens (tertiary/aromatic N) is 1. The van der Waals surface area contributed by atoms with Crippen LogP contribution in [0.1, 0.15) is 52.3 Å². The molecular weight excluding hydrogens is 320 g/mol. The molecule has 1 N–H and O–H groups in total. The molecule has 0 bridgehead atoms. The average molecular weight is 340 g/mol. The van der Waals surface area contributed by atoms with Crippen molar-refractivity contribution in [2.45, 2.75) is 32.2 Å². The van der Waals surface area contributed by atoms with Gasteiger partial charge in [-0.15, -0.1) is 11.3 Å². The van der Waals surface area contributed by atoms with Gasteiger partial charge in [0.15, 0.2) is 5.69 Å². The van der Waals surface area contributed by atoms with E-state index in [2.05, 4.69) is 41.7 Å². The van der Waals surface area contributed by atoms with Crippen LogP contribution in [0.2, 0.25) is 0 Å². The summed E-state index contributed by atoms with van der Waals surface area (Å²) >= 11 is 1.62. The maximum absolute atomic E-state index is 12.4. The number of aryl methyl sites for hydroxylation is 1. The van der Waals surface area contributed by atoms with E-state index in [-0.39, 0.29) is 17.6 Å². The van der Waals surface area contributed by atoms with Gasteiger partial charge in [0.25, 0.3) is 5.91 Å². The number of amides is 1. The van der Waals surface area contributed by atoms with Gasteiger partial charge in [0.1, 0.15) is 6.26 Å². The third-order valence-electron chi connectivity index (χ3n) is 3.91. The van der Waals surface area contributed by atoms with Crippen LogP contribution in [0.15, 0.2) is 58.6 Å². The molecule has 0 saturated carbocycles. The molecule has 3 rings (SSSR count). The fraction of sp³-hybridized carbons (Fsp3) is 0.263. The molecule has 24 heavy (non-hydrogen) atoms. The molecule has 4 nitrogen and oxygen atoms in total. The fourth-order valence-electron chi connectivity index (χ4n) is 2.57. The summed E-state index contributed by atoms with van der Waals surface area (Å²) in [4.78, 5) is 13.5. The van der Waals surface area contributed by atoms with Gasteiger partial charge in [0.05, 0.1) is 6.04 Å². The van der Waals surface area contributed by atoms with E-state index in [4.69, 9.17) is 4.52 Å². The van der Waals surface area contributed by atoms with Crippen molar-refractivity contribution in [2.75, 3.05) is 0 Å². The summed E-state index contributed by atoms with van der Waals surface area (Å²) in [5.41, 5.74) is 2.68. The molecule has 1 amide bonds. The highest BCUT2D eigenvalue weighted by Crippen LogP contribution is 2.27. The first-order valence-corrected chi connectivity index (χ1v) is 8.99. The van der Waals surface area contributed by atoms with Gasteiger partial charge in [0, 0.05) is 10.9 Å². The first kappa shape index (κ1) is 16.5. The first-order valence-electron chi connectivity index (χ1n) is 8.11. The lowest BCUT2D eigenvalue weighted by Crippen LogP contribution is -2.29. The molecule has 5 heteroatoms. The molecule has 0 fully saturated rings. The first-order chi connectivity index (χ1) is 11.8. The van der Waals surface area contributed by atoms with Crippen LogP contribution >= 0.6 is 11.3 Å². The number of hydrogen-bond donors (Lipinski definition) is 1. The summed E-state index contributed by atoms with van der Waals surface area (Å²) in [6.07, 6.45) is 4.87. The van der Waals surface area contributed by atoms with E-state index >= 15 is 0 Å². The van der Waals surface area contributed by atoms with E-state index in [1.807, 2.05) is 17.5 Å². The minimum Gasteiger partial charge on any atom is -0.364 e. The Kier molecular flexibility index (Phi) is 5.43. The Morgan fingerprint density at radius 3 is 2.71 bits per heavy atom. The quantitative estimate of drug-likeness (QED) is 0.684. The highest BCUT2D eigenvalue weighted by molar-refractivity contribution is 7.10. The number of carbonyl (C=O) groups excluding carboxylic acids is 1. The number of nitrogens with one attached hydrogen (secondary N) is 1. The zero-order valence-corrected chi connectivity index (χ0v) is 14.4. The Labute approximate surface area is 145 Å². The van der Waals surface area contributed by atoms with Crippen LogP contribution in [0, 0.1) is 0 Å². The minimum absolute atomic E-state index is 0.186. The van der Waals surface area contributed by atoms with E-state index in [1.165, 1.54) is 24.7 Å². The van der Waals surface area contributed by atoms with E-state index in [9.17, 15) is 4.79 Å². The van der Waals surface area contributed by atoms with E-state index in [1.54, 1.807) is 17.4 Å². The predicted octanol–water partition coefficient (Wildman–Crippen LogP) is 4.60. The summed E-state index contributed by atoms with van der Waals surface area (Å²) in [6, 6.07) is 13.9. The Morgan fingerprint density at radius 1 is 1.25 bits per heavy atom. The van der Waals surface area contributed by atoms with Crippen LogP contribution in [0.5, 0.6) is 0 Å². The number of benzene rings is 1. The van der Waals surface area contributed by atoms with E-state index in [0.717, 1.165) is 16.9 Å². The summed E-state index contributed by atoms with van der Waals surface area (Å²) in [6.45, 7) is 2.20. The predicted molar refractivity (Wildman–Crippen MR) is 95.2 cm³/mol. The molecule has 0 aliphatic heterocycles. The van der Waals surface area contributed by atoms with Crippen molar-refractivity contribution in [3.8, 4) is 0 Å². The van der Waals surface area contributed by atoms with Gasteiger partial charge in [0.2, 0.25) is 0 Å². The molecule has 0 saturated heterocycles. The Balaban J connectivity index is 1.81. The zero-order chi connectivity index (χ0) is 16.8. The van der Waals surface area contributed by atoms with Crippen LogP contribution in [-0.4, -0.2) is 11.1 Å². The van der Waals surface area contributed by atoms with Crippen molar-refractivity contribution in [1.29, 1.82) is 0 Å². The molecule has 0 aliphatic carbocycles. The van der Waals surface area contributed by atoms with Gasteiger partial charge in [-0.05, 0) is 35.4 Å². The van der Waals surface area contributed by atoms with Gasteiger partial charge in [-0.25, -0.2) is 0 Å². The average Bonchev–Trinajstić information content (AvgIpc) is 3.32. The number of thiophene rings is 1. The number of carbonyl (C=O) groups is 1. The monoisotopic (exact) mass is 340 g/mol. The van der Waals surface area contributed by atoms with Crippen LogP contribution in [0.25, 0.3) is 0 Å². The molecule has 3 aromatic rings. The lowest BCUT2D eigenvalue weighted by molar-refractivity contribution is 0.0934. The van der Waals surface area contributed by atoms with Gasteiger partial charge < -0.3 is 9.84 Å². The fourth-order valence-corrected chi connectivity index (χ4v) is 3.37. The molecular formula is C19H20N2O2S. The molecule has 0 radical (unpaired) electrons. The van der Waals surface area contributed by atoms with Gasteiger partial charge in [-0.2, -0.15) is 0 Å². The summed E-state index contributed by atoms with van der Waals surface area (Å²) in [5.74, 6) is -0.239. The Morgan fingerprint density at radius 2 is 2.08 bits per heavy atom. The summed E-state index contributed by atoms with van der Waals surface area (Å²) in [5, 5.41) is 8.77. The maximum atomic E-state index is 12.4. The van der Waals surface area contributed by atoms with E-state index in [0.29, 0.717) is 0 Å². The van der Waals surface area contributed by atoms with Crippen molar-refractivity contribution in [2.24, 2.45) is 0 Å². The topological polar surface area (TPSA) is 55.1 Å². The highest BCUT2D eigenvalue weighted by Gasteiger charge is 2.20. The van der Waals surface area contributed by atoms with Crippen molar-refractivity contribution in [3.63, 3.8) is 0 Å². The SMILES string of the molecule is CCCCc1ccc(C(NC(=O)c2ccon2)c2cccs2)cc1. The summed E-state index contributed by atoms with van der Waals surface area (Å²) in [7, 11) is 0. The van der Waals surface area contributed by atoms with Crippen molar-refractivity contribution in [1.82, 2.24) is 10.5 Å². The molecule has 124 valence electrons. The van der Waals surface area contributed by atoms with E-state index < -0.39 is 0 Å². The molecule has 0 spiro atoms. The number of rotatable bonds is 7. The minimum atomic E-state index is -0.239. The lowest BCUT2D eigenvalue weighted by atomic mass is 10.0. The largest absolute Gasteiger partial charge is 0.364 e. The molecule has 2 heterocycles. The van der Waals surface area contributed by atoms with Crippen molar-refractivity contribution in [3.05, 3.63) is 75.8 Å².